The van der Waals surface area contributed by atoms with E-state index < -0.39 is 0 Å². The van der Waals surface area contributed by atoms with Gasteiger partial charge in [0.15, 0.2) is 0 Å². The van der Waals surface area contributed by atoms with Crippen LogP contribution in [0.25, 0.3) is 0 Å². The van der Waals surface area contributed by atoms with E-state index in [0.29, 0.717) is 23.9 Å². The molecule has 1 aliphatic carbocycles. The SMILES string of the molecule is CCC1CCCCC1NC(=O)C1CCNC(C)C1. The smallest absolute Gasteiger partial charge is 0.223 e. The summed E-state index contributed by atoms with van der Waals surface area (Å²) in [7, 11) is 0. The summed E-state index contributed by atoms with van der Waals surface area (Å²) >= 11 is 0. The summed E-state index contributed by atoms with van der Waals surface area (Å²) in [6.07, 6.45) is 8.30. The summed E-state index contributed by atoms with van der Waals surface area (Å²) in [5.41, 5.74) is 0. The average molecular weight is 252 g/mol. The van der Waals surface area contributed by atoms with E-state index in [4.69, 9.17) is 0 Å². The van der Waals surface area contributed by atoms with Gasteiger partial charge in [-0.2, -0.15) is 0 Å². The average Bonchev–Trinajstić information content (AvgIpc) is 2.39. The highest BCUT2D eigenvalue weighted by molar-refractivity contribution is 5.79. The van der Waals surface area contributed by atoms with Gasteiger partial charge in [0.25, 0.3) is 0 Å². The minimum absolute atomic E-state index is 0.237. The van der Waals surface area contributed by atoms with Crippen molar-refractivity contribution < 1.29 is 4.79 Å². The summed E-state index contributed by atoms with van der Waals surface area (Å²) in [4.78, 5) is 12.3. The molecule has 1 heterocycles. The molecular weight excluding hydrogens is 224 g/mol. The molecule has 18 heavy (non-hydrogen) atoms. The molecule has 2 rings (SSSR count). The van der Waals surface area contributed by atoms with Crippen LogP contribution in [-0.2, 0) is 4.79 Å². The van der Waals surface area contributed by atoms with E-state index in [1.807, 2.05) is 0 Å². The summed E-state index contributed by atoms with van der Waals surface area (Å²) in [6, 6.07) is 0.935. The maximum absolute atomic E-state index is 12.3. The molecule has 0 spiro atoms. The molecule has 1 aliphatic heterocycles. The van der Waals surface area contributed by atoms with Crippen molar-refractivity contribution >= 4 is 5.91 Å². The predicted octanol–water partition coefficient (Wildman–Crippen LogP) is 2.46. The van der Waals surface area contributed by atoms with E-state index >= 15 is 0 Å². The van der Waals surface area contributed by atoms with E-state index in [9.17, 15) is 4.79 Å². The van der Waals surface area contributed by atoms with Crippen LogP contribution in [0, 0.1) is 11.8 Å². The Kier molecular flexibility index (Phi) is 5.04. The normalized spacial score (nSPS) is 37.2. The molecule has 2 aliphatic rings. The van der Waals surface area contributed by atoms with E-state index in [1.54, 1.807) is 0 Å². The molecule has 2 N–H and O–H groups in total. The molecular formula is C15H28N2O. The van der Waals surface area contributed by atoms with Crippen LogP contribution in [0.15, 0.2) is 0 Å². The summed E-state index contributed by atoms with van der Waals surface area (Å²) < 4.78 is 0. The van der Waals surface area contributed by atoms with Gasteiger partial charge in [0, 0.05) is 18.0 Å². The van der Waals surface area contributed by atoms with Crippen molar-refractivity contribution in [3.63, 3.8) is 0 Å². The largest absolute Gasteiger partial charge is 0.353 e. The van der Waals surface area contributed by atoms with Crippen LogP contribution in [0.5, 0.6) is 0 Å². The van der Waals surface area contributed by atoms with Crippen molar-refractivity contribution in [1.29, 1.82) is 0 Å². The van der Waals surface area contributed by atoms with Crippen LogP contribution in [-0.4, -0.2) is 24.5 Å². The topological polar surface area (TPSA) is 41.1 Å². The maximum atomic E-state index is 12.3. The molecule has 1 saturated heterocycles. The van der Waals surface area contributed by atoms with Gasteiger partial charge in [0.1, 0.15) is 0 Å². The van der Waals surface area contributed by atoms with Gasteiger partial charge in [-0.1, -0.05) is 26.2 Å². The molecule has 1 saturated carbocycles. The van der Waals surface area contributed by atoms with E-state index in [1.165, 1.54) is 32.1 Å². The fourth-order valence-corrected chi connectivity index (χ4v) is 3.56. The lowest BCUT2D eigenvalue weighted by Crippen LogP contribution is -2.48. The summed E-state index contributed by atoms with van der Waals surface area (Å²) in [5, 5.41) is 6.75. The summed E-state index contributed by atoms with van der Waals surface area (Å²) in [5.74, 6) is 1.26. The zero-order chi connectivity index (χ0) is 13.0. The molecule has 0 aromatic heterocycles. The fraction of sp³-hybridized carbons (Fsp3) is 0.933. The third-order valence-electron chi connectivity index (χ3n) is 4.76. The highest BCUT2D eigenvalue weighted by Crippen LogP contribution is 2.27. The third kappa shape index (κ3) is 3.47. The first kappa shape index (κ1) is 13.9. The third-order valence-corrected chi connectivity index (χ3v) is 4.76. The first-order valence-corrected chi connectivity index (χ1v) is 7.74. The van der Waals surface area contributed by atoms with Gasteiger partial charge in [-0.05, 0) is 45.1 Å². The second kappa shape index (κ2) is 6.55. The zero-order valence-corrected chi connectivity index (χ0v) is 11.9. The number of rotatable bonds is 3. The molecule has 0 aromatic carbocycles. The number of carbonyl (C=O) groups is 1. The lowest BCUT2D eigenvalue weighted by atomic mass is 9.82. The van der Waals surface area contributed by atoms with Gasteiger partial charge in [-0.15, -0.1) is 0 Å². The van der Waals surface area contributed by atoms with Gasteiger partial charge in [-0.3, -0.25) is 4.79 Å². The number of hydrogen-bond acceptors (Lipinski definition) is 2. The fourth-order valence-electron chi connectivity index (χ4n) is 3.56. The molecule has 3 nitrogen and oxygen atoms in total. The Morgan fingerprint density at radius 3 is 2.78 bits per heavy atom. The first-order valence-electron chi connectivity index (χ1n) is 7.74. The highest BCUT2D eigenvalue weighted by Gasteiger charge is 2.29. The van der Waals surface area contributed by atoms with Crippen LogP contribution < -0.4 is 10.6 Å². The standard InChI is InChI=1S/C15H28N2O/c1-3-12-6-4-5-7-14(12)17-15(18)13-8-9-16-11(2)10-13/h11-14,16H,3-10H2,1-2H3,(H,17,18). The van der Waals surface area contributed by atoms with Crippen molar-refractivity contribution in [3.05, 3.63) is 0 Å². The van der Waals surface area contributed by atoms with Crippen molar-refractivity contribution in [2.45, 2.75) is 70.9 Å². The lowest BCUT2D eigenvalue weighted by Gasteiger charge is -2.34. The van der Waals surface area contributed by atoms with Gasteiger partial charge in [-0.25, -0.2) is 0 Å². The van der Waals surface area contributed by atoms with Gasteiger partial charge >= 0.3 is 0 Å². The minimum Gasteiger partial charge on any atom is -0.353 e. The summed E-state index contributed by atoms with van der Waals surface area (Å²) in [6.45, 7) is 5.41. The lowest BCUT2D eigenvalue weighted by molar-refractivity contribution is -0.127. The molecule has 1 amide bonds. The first-order chi connectivity index (χ1) is 8.70. The molecule has 4 atom stereocenters. The van der Waals surface area contributed by atoms with Crippen molar-refractivity contribution in [2.75, 3.05) is 6.54 Å². The second-order valence-electron chi connectivity index (χ2n) is 6.14. The number of hydrogen-bond donors (Lipinski definition) is 2. The molecule has 2 fully saturated rings. The molecule has 0 bridgehead atoms. The van der Waals surface area contributed by atoms with E-state index in [0.717, 1.165) is 19.4 Å². The number of carbonyl (C=O) groups excluding carboxylic acids is 1. The van der Waals surface area contributed by atoms with E-state index in [2.05, 4.69) is 24.5 Å². The Labute approximate surface area is 111 Å². The van der Waals surface area contributed by atoms with Gasteiger partial charge < -0.3 is 10.6 Å². The van der Waals surface area contributed by atoms with Crippen LogP contribution in [0.1, 0.15) is 58.8 Å². The van der Waals surface area contributed by atoms with Crippen LogP contribution in [0.2, 0.25) is 0 Å². The zero-order valence-electron chi connectivity index (χ0n) is 11.9. The minimum atomic E-state index is 0.237. The van der Waals surface area contributed by atoms with Crippen LogP contribution in [0.4, 0.5) is 0 Å². The number of amides is 1. The Balaban J connectivity index is 1.85. The quantitative estimate of drug-likeness (QED) is 0.810. The Morgan fingerprint density at radius 1 is 1.28 bits per heavy atom. The van der Waals surface area contributed by atoms with Crippen molar-refractivity contribution in [1.82, 2.24) is 10.6 Å². The molecule has 4 unspecified atom stereocenters. The van der Waals surface area contributed by atoms with Gasteiger partial charge in [0.05, 0.1) is 0 Å². The van der Waals surface area contributed by atoms with E-state index in [-0.39, 0.29) is 5.92 Å². The van der Waals surface area contributed by atoms with Crippen LogP contribution in [0.3, 0.4) is 0 Å². The monoisotopic (exact) mass is 252 g/mol. The van der Waals surface area contributed by atoms with Crippen molar-refractivity contribution in [2.24, 2.45) is 11.8 Å². The molecule has 0 aromatic rings. The Morgan fingerprint density at radius 2 is 2.06 bits per heavy atom. The number of nitrogens with one attached hydrogen (secondary N) is 2. The molecule has 3 heteroatoms. The predicted molar refractivity (Wildman–Crippen MR) is 74.4 cm³/mol. The molecule has 0 radical (unpaired) electrons. The maximum Gasteiger partial charge on any atom is 0.223 e. The Bertz CT molecular complexity index is 280. The Hall–Kier alpha value is -0.570. The molecule has 104 valence electrons. The van der Waals surface area contributed by atoms with Crippen molar-refractivity contribution in [3.8, 4) is 0 Å². The second-order valence-corrected chi connectivity index (χ2v) is 6.14. The highest BCUT2D eigenvalue weighted by atomic mass is 16.1. The van der Waals surface area contributed by atoms with Gasteiger partial charge in [0.2, 0.25) is 5.91 Å². The number of piperidine rings is 1. The van der Waals surface area contributed by atoms with Crippen LogP contribution >= 0.6 is 0 Å².